The minimum atomic E-state index is -0.984. The Morgan fingerprint density at radius 3 is 2.29 bits per heavy atom. The van der Waals surface area contributed by atoms with Crippen molar-refractivity contribution >= 4 is 5.97 Å². The molecule has 9 heteroatoms. The number of carboxylic acids is 1. The zero-order chi connectivity index (χ0) is 15.6. The molecule has 0 spiro atoms. The molecule has 0 rings (SSSR count). The summed E-state index contributed by atoms with van der Waals surface area (Å²) >= 11 is 0. The largest absolute Gasteiger partial charge is 0.480 e. The first-order valence-electron chi connectivity index (χ1n) is 6.78. The van der Waals surface area contributed by atoms with Gasteiger partial charge < -0.3 is 34.5 Å². The SMILES string of the molecule is NCCOCCOCOCNCCOCCOCC(=O)O. The van der Waals surface area contributed by atoms with E-state index in [0.29, 0.717) is 52.9 Å². The average molecular weight is 310 g/mol. The van der Waals surface area contributed by atoms with E-state index < -0.39 is 5.97 Å². The molecule has 0 aliphatic heterocycles. The monoisotopic (exact) mass is 310 g/mol. The summed E-state index contributed by atoms with van der Waals surface area (Å²) in [6.07, 6.45) is 0. The smallest absolute Gasteiger partial charge is 0.329 e. The lowest BCUT2D eigenvalue weighted by Crippen LogP contribution is -2.24. The van der Waals surface area contributed by atoms with Gasteiger partial charge in [0.2, 0.25) is 0 Å². The Balaban J connectivity index is 2.95. The highest BCUT2D eigenvalue weighted by molar-refractivity contribution is 5.67. The molecule has 9 nitrogen and oxygen atoms in total. The summed E-state index contributed by atoms with van der Waals surface area (Å²) in [5.41, 5.74) is 5.26. The molecule has 0 aromatic rings. The van der Waals surface area contributed by atoms with E-state index in [1.54, 1.807) is 0 Å². The maximum Gasteiger partial charge on any atom is 0.329 e. The second-order valence-electron chi connectivity index (χ2n) is 3.83. The van der Waals surface area contributed by atoms with Crippen molar-refractivity contribution in [3.05, 3.63) is 0 Å². The molecule has 0 radical (unpaired) electrons. The Kier molecular flexibility index (Phi) is 16.6. The molecule has 0 bridgehead atoms. The molecule has 4 N–H and O–H groups in total. The van der Waals surface area contributed by atoms with Crippen LogP contribution >= 0.6 is 0 Å². The van der Waals surface area contributed by atoms with Gasteiger partial charge in [-0.2, -0.15) is 0 Å². The van der Waals surface area contributed by atoms with Crippen LogP contribution in [0.1, 0.15) is 0 Å². The molecule has 0 aliphatic carbocycles. The number of nitrogens with one attached hydrogen (secondary N) is 1. The molecule has 0 saturated heterocycles. The van der Waals surface area contributed by atoms with E-state index >= 15 is 0 Å². The molecular weight excluding hydrogens is 284 g/mol. The topological polar surface area (TPSA) is 122 Å². The second-order valence-corrected chi connectivity index (χ2v) is 3.83. The van der Waals surface area contributed by atoms with Crippen LogP contribution in [0.25, 0.3) is 0 Å². The number of ether oxygens (including phenoxy) is 5. The number of nitrogens with two attached hydrogens (primary N) is 1. The quantitative estimate of drug-likeness (QED) is 0.220. The van der Waals surface area contributed by atoms with E-state index in [4.69, 9.17) is 34.5 Å². The summed E-state index contributed by atoms with van der Waals surface area (Å²) in [7, 11) is 0. The predicted molar refractivity (Wildman–Crippen MR) is 73.9 cm³/mol. The predicted octanol–water partition coefficient (Wildman–Crippen LogP) is -1.38. The summed E-state index contributed by atoms with van der Waals surface area (Å²) in [6, 6.07) is 0. The summed E-state index contributed by atoms with van der Waals surface area (Å²) in [5, 5.41) is 11.3. The van der Waals surface area contributed by atoms with Gasteiger partial charge in [-0.1, -0.05) is 0 Å². The molecule has 0 aromatic carbocycles. The van der Waals surface area contributed by atoms with Crippen LogP contribution in [-0.4, -0.2) is 83.9 Å². The maximum absolute atomic E-state index is 10.1. The normalized spacial score (nSPS) is 10.9. The standard InChI is InChI=1S/C12H26N2O7/c13-1-3-17-6-8-20-11-21-10-14-2-4-18-5-7-19-9-12(15)16/h14H,1-11,13H2,(H,15,16). The number of aliphatic carboxylic acids is 1. The summed E-state index contributed by atoms with van der Waals surface area (Å²) < 4.78 is 25.4. The number of hydrogen-bond donors (Lipinski definition) is 3. The molecule has 0 unspecified atom stereocenters. The minimum Gasteiger partial charge on any atom is -0.480 e. The highest BCUT2D eigenvalue weighted by atomic mass is 16.7. The lowest BCUT2D eigenvalue weighted by molar-refractivity contribution is -0.142. The fraction of sp³-hybridized carbons (Fsp3) is 0.917. The molecule has 0 aliphatic rings. The Hall–Kier alpha value is -0.810. The zero-order valence-electron chi connectivity index (χ0n) is 12.3. The van der Waals surface area contributed by atoms with Crippen molar-refractivity contribution in [3.8, 4) is 0 Å². The van der Waals surface area contributed by atoms with Crippen molar-refractivity contribution in [2.45, 2.75) is 0 Å². The van der Waals surface area contributed by atoms with E-state index in [1.807, 2.05) is 0 Å². The molecule has 0 aromatic heterocycles. The zero-order valence-corrected chi connectivity index (χ0v) is 12.3. The second kappa shape index (κ2) is 17.2. The third kappa shape index (κ3) is 19.2. The van der Waals surface area contributed by atoms with Crippen molar-refractivity contribution < 1.29 is 33.6 Å². The first kappa shape index (κ1) is 20.2. The Labute approximate surface area is 124 Å². The van der Waals surface area contributed by atoms with Crippen molar-refractivity contribution in [3.63, 3.8) is 0 Å². The van der Waals surface area contributed by atoms with Crippen LogP contribution < -0.4 is 11.1 Å². The number of carboxylic acid groups (broad SMARTS) is 1. The molecule has 126 valence electrons. The molecular formula is C12H26N2O7. The fourth-order valence-electron chi connectivity index (χ4n) is 1.13. The van der Waals surface area contributed by atoms with Crippen LogP contribution in [0.4, 0.5) is 0 Å². The third-order valence-electron chi connectivity index (χ3n) is 2.03. The molecule has 21 heavy (non-hydrogen) atoms. The summed E-state index contributed by atoms with van der Waals surface area (Å²) in [6.45, 7) is 4.03. The first-order valence-corrected chi connectivity index (χ1v) is 6.78. The van der Waals surface area contributed by atoms with Gasteiger partial charge in [0.25, 0.3) is 0 Å². The molecule has 0 saturated carbocycles. The van der Waals surface area contributed by atoms with E-state index in [0.717, 1.165) is 0 Å². The van der Waals surface area contributed by atoms with Crippen molar-refractivity contribution in [2.24, 2.45) is 5.73 Å². The molecule has 0 heterocycles. The number of hydrogen-bond acceptors (Lipinski definition) is 8. The molecule has 0 fully saturated rings. The van der Waals surface area contributed by atoms with Crippen molar-refractivity contribution in [2.75, 3.05) is 72.9 Å². The lowest BCUT2D eigenvalue weighted by atomic mass is 10.6. The average Bonchev–Trinajstić information content (AvgIpc) is 2.46. The highest BCUT2D eigenvalue weighted by Gasteiger charge is 1.95. The van der Waals surface area contributed by atoms with Crippen LogP contribution in [0.3, 0.4) is 0 Å². The number of carbonyl (C=O) groups is 1. The number of rotatable bonds is 17. The van der Waals surface area contributed by atoms with Gasteiger partial charge in [-0.15, -0.1) is 0 Å². The van der Waals surface area contributed by atoms with Crippen LogP contribution in [0, 0.1) is 0 Å². The Morgan fingerprint density at radius 2 is 1.57 bits per heavy atom. The summed E-state index contributed by atoms with van der Waals surface area (Å²) in [4.78, 5) is 10.1. The first-order chi connectivity index (χ1) is 10.3. The van der Waals surface area contributed by atoms with Gasteiger partial charge >= 0.3 is 5.97 Å². The van der Waals surface area contributed by atoms with Gasteiger partial charge in [0.1, 0.15) is 13.4 Å². The lowest BCUT2D eigenvalue weighted by Gasteiger charge is -2.08. The van der Waals surface area contributed by atoms with E-state index in [-0.39, 0.29) is 20.0 Å². The third-order valence-corrected chi connectivity index (χ3v) is 2.03. The van der Waals surface area contributed by atoms with Gasteiger partial charge in [-0.3, -0.25) is 5.32 Å². The van der Waals surface area contributed by atoms with Gasteiger partial charge in [0.15, 0.2) is 0 Å². The Bertz CT molecular complexity index is 232. The van der Waals surface area contributed by atoms with E-state index in [2.05, 4.69) is 5.32 Å². The Morgan fingerprint density at radius 1 is 0.905 bits per heavy atom. The van der Waals surface area contributed by atoms with E-state index in [1.165, 1.54) is 0 Å². The van der Waals surface area contributed by atoms with Gasteiger partial charge in [-0.25, -0.2) is 4.79 Å². The highest BCUT2D eigenvalue weighted by Crippen LogP contribution is 1.81. The molecule has 0 atom stereocenters. The van der Waals surface area contributed by atoms with Crippen LogP contribution in [-0.2, 0) is 28.5 Å². The van der Waals surface area contributed by atoms with Crippen LogP contribution in [0.15, 0.2) is 0 Å². The minimum absolute atomic E-state index is 0.197. The van der Waals surface area contributed by atoms with E-state index in [9.17, 15) is 4.79 Å². The van der Waals surface area contributed by atoms with Crippen molar-refractivity contribution in [1.29, 1.82) is 0 Å². The van der Waals surface area contributed by atoms with Crippen LogP contribution in [0.2, 0.25) is 0 Å². The van der Waals surface area contributed by atoms with Gasteiger partial charge in [0, 0.05) is 13.1 Å². The van der Waals surface area contributed by atoms with Gasteiger partial charge in [-0.05, 0) is 0 Å². The van der Waals surface area contributed by atoms with Crippen molar-refractivity contribution in [1.82, 2.24) is 5.32 Å². The molecule has 0 amide bonds. The van der Waals surface area contributed by atoms with Gasteiger partial charge in [0.05, 0.1) is 46.4 Å². The van der Waals surface area contributed by atoms with Crippen LogP contribution in [0.5, 0.6) is 0 Å². The fourth-order valence-corrected chi connectivity index (χ4v) is 1.13. The summed E-state index contributed by atoms with van der Waals surface area (Å²) in [5.74, 6) is -0.984. The maximum atomic E-state index is 10.1.